The Morgan fingerprint density at radius 1 is 0.931 bits per heavy atom. The molecule has 0 aromatic heterocycles. The van der Waals surface area contributed by atoms with Crippen LogP contribution < -0.4 is 0 Å². The number of carbonyl (C=O) groups is 2. The number of esters is 1. The molecule has 3 saturated heterocycles. The summed E-state index contributed by atoms with van der Waals surface area (Å²) in [5.41, 5.74) is 1.80. The minimum absolute atomic E-state index is 0.424. The summed E-state index contributed by atoms with van der Waals surface area (Å²) in [4.78, 5) is 26.9. The number of rotatable bonds is 4. The van der Waals surface area contributed by atoms with Crippen LogP contribution in [0.1, 0.15) is 30.2 Å². The number of cyclic esters (lactones) is 2. The third kappa shape index (κ3) is 2.81. The Morgan fingerprint density at radius 2 is 1.55 bits per heavy atom. The summed E-state index contributed by atoms with van der Waals surface area (Å²) in [6.45, 7) is 1.65. The summed E-state index contributed by atoms with van der Waals surface area (Å²) >= 11 is 0. The Kier molecular flexibility index (Phi) is 4.11. The highest BCUT2D eigenvalue weighted by Crippen LogP contribution is 2.51. The fourth-order valence-electron chi connectivity index (χ4n) is 4.40. The normalized spacial score (nSPS) is 35.7. The number of methoxy groups -OCH3 is 1. The van der Waals surface area contributed by atoms with Crippen molar-refractivity contribution in [1.29, 1.82) is 0 Å². The Morgan fingerprint density at radius 3 is 2.17 bits per heavy atom. The Bertz CT molecular complexity index is 935. The lowest BCUT2D eigenvalue weighted by atomic mass is 9.91. The highest BCUT2D eigenvalue weighted by molar-refractivity contribution is 5.81. The fourth-order valence-corrected chi connectivity index (χ4v) is 4.40. The van der Waals surface area contributed by atoms with Gasteiger partial charge in [0.25, 0.3) is 0 Å². The quantitative estimate of drug-likeness (QED) is 0.585. The molecule has 3 aliphatic heterocycles. The van der Waals surface area contributed by atoms with E-state index in [0.29, 0.717) is 0 Å². The van der Waals surface area contributed by atoms with Crippen molar-refractivity contribution in [2.24, 2.45) is 0 Å². The van der Waals surface area contributed by atoms with Crippen molar-refractivity contribution in [3.63, 3.8) is 0 Å². The third-order valence-corrected chi connectivity index (χ3v) is 5.91. The molecule has 0 bridgehead atoms. The Labute approximate surface area is 168 Å². The Hall–Kier alpha value is -2.90. The predicted molar refractivity (Wildman–Crippen MR) is 101 cm³/mol. The van der Waals surface area contributed by atoms with E-state index < -0.39 is 48.2 Å². The molecule has 7 heteroatoms. The van der Waals surface area contributed by atoms with Crippen LogP contribution in [0.5, 0.6) is 0 Å². The summed E-state index contributed by atoms with van der Waals surface area (Å²) in [6, 6.07) is 18.2. The van der Waals surface area contributed by atoms with E-state index in [0.717, 1.165) is 11.1 Å². The van der Waals surface area contributed by atoms with Crippen LogP contribution in [0.15, 0.2) is 60.7 Å². The average molecular weight is 395 g/mol. The van der Waals surface area contributed by atoms with Crippen molar-refractivity contribution >= 4 is 12.1 Å². The van der Waals surface area contributed by atoms with E-state index in [1.54, 1.807) is 11.8 Å². The highest BCUT2D eigenvalue weighted by atomic mass is 16.7. The van der Waals surface area contributed by atoms with Gasteiger partial charge in [0, 0.05) is 14.0 Å². The van der Waals surface area contributed by atoms with Crippen LogP contribution in [0.4, 0.5) is 4.79 Å². The molecule has 29 heavy (non-hydrogen) atoms. The van der Waals surface area contributed by atoms with Gasteiger partial charge in [-0.25, -0.2) is 9.59 Å². The van der Waals surface area contributed by atoms with Gasteiger partial charge in [-0.05, 0) is 11.1 Å². The minimum Gasteiger partial charge on any atom is -0.439 e. The summed E-state index contributed by atoms with van der Waals surface area (Å²) < 4.78 is 22.5. The van der Waals surface area contributed by atoms with Crippen LogP contribution in [0.3, 0.4) is 0 Å². The zero-order valence-electron chi connectivity index (χ0n) is 16.1. The second kappa shape index (κ2) is 6.57. The molecule has 2 unspecified atom stereocenters. The number of amides is 1. The van der Waals surface area contributed by atoms with Crippen LogP contribution >= 0.6 is 0 Å². The molecule has 5 rings (SSSR count). The van der Waals surface area contributed by atoms with Gasteiger partial charge >= 0.3 is 12.1 Å². The molecule has 150 valence electrons. The average Bonchev–Trinajstić information content (AvgIpc) is 3.47. The van der Waals surface area contributed by atoms with E-state index in [9.17, 15) is 9.59 Å². The van der Waals surface area contributed by atoms with Gasteiger partial charge in [-0.15, -0.1) is 0 Å². The number of fused-ring (bicyclic) bond motifs is 1. The van der Waals surface area contributed by atoms with E-state index in [2.05, 4.69) is 0 Å². The molecule has 7 nitrogen and oxygen atoms in total. The Balaban J connectivity index is 1.61. The van der Waals surface area contributed by atoms with E-state index >= 15 is 0 Å². The number of hydrogen-bond donors (Lipinski definition) is 0. The molecule has 3 heterocycles. The third-order valence-electron chi connectivity index (χ3n) is 5.91. The molecule has 6 atom stereocenters. The van der Waals surface area contributed by atoms with Crippen molar-refractivity contribution in [1.82, 2.24) is 4.90 Å². The van der Waals surface area contributed by atoms with Gasteiger partial charge in [0.05, 0.1) is 0 Å². The van der Waals surface area contributed by atoms with Crippen LogP contribution in [0.25, 0.3) is 0 Å². The topological polar surface area (TPSA) is 77.6 Å². The molecular formula is C22H21NO6. The largest absolute Gasteiger partial charge is 0.439 e. The maximum atomic E-state index is 13.1. The van der Waals surface area contributed by atoms with Gasteiger partial charge in [-0.3, -0.25) is 4.90 Å². The number of ether oxygens (including phenoxy) is 4. The zero-order valence-corrected chi connectivity index (χ0v) is 16.1. The smallest absolute Gasteiger partial charge is 0.411 e. The number of nitrogens with zero attached hydrogens (tertiary/aromatic N) is 1. The predicted octanol–water partition coefficient (Wildman–Crippen LogP) is 2.98. The first-order valence-corrected chi connectivity index (χ1v) is 9.56. The standard InChI is InChI=1S/C22H21NO6/c1-22(26-2)19(17-18(27-17)20(24)29-22)23-15(13-9-5-3-6-10-13)16(28-21(23)25)14-11-7-4-8-12-14/h3-12,15-19H,1-2H3/t15-,16+,17?,18?,19-,22-/m1/s1. The molecule has 1 amide bonds. The zero-order chi connectivity index (χ0) is 20.2. The number of carbonyl (C=O) groups excluding carboxylic acids is 2. The first kappa shape index (κ1) is 18.1. The maximum absolute atomic E-state index is 13.1. The molecule has 0 aliphatic carbocycles. The van der Waals surface area contributed by atoms with Crippen LogP contribution in [-0.4, -0.2) is 48.1 Å². The minimum atomic E-state index is -1.34. The molecule has 3 fully saturated rings. The second-order valence-corrected chi connectivity index (χ2v) is 7.59. The monoisotopic (exact) mass is 395 g/mol. The number of hydrogen-bond acceptors (Lipinski definition) is 6. The van der Waals surface area contributed by atoms with E-state index in [1.165, 1.54) is 7.11 Å². The lowest BCUT2D eigenvalue weighted by molar-refractivity contribution is -0.244. The molecule has 3 aliphatic rings. The summed E-state index contributed by atoms with van der Waals surface area (Å²) in [6.07, 6.45) is -2.17. The lowest BCUT2D eigenvalue weighted by Gasteiger charge is -2.42. The van der Waals surface area contributed by atoms with Crippen LogP contribution in [0.2, 0.25) is 0 Å². The van der Waals surface area contributed by atoms with Crippen molar-refractivity contribution in [3.8, 4) is 0 Å². The molecule has 0 saturated carbocycles. The van der Waals surface area contributed by atoms with Crippen LogP contribution in [0, 0.1) is 0 Å². The molecule has 2 aromatic carbocycles. The SMILES string of the molecule is CO[C@]1(C)OC(=O)C2OC2[C@H]1N1C(=O)O[C@@H](c2ccccc2)[C@H]1c1ccccc1. The van der Waals surface area contributed by atoms with Gasteiger partial charge in [0.15, 0.2) is 12.2 Å². The van der Waals surface area contributed by atoms with Gasteiger partial charge in [0.2, 0.25) is 5.79 Å². The van der Waals surface area contributed by atoms with Gasteiger partial charge in [-0.2, -0.15) is 0 Å². The molecule has 0 radical (unpaired) electrons. The maximum Gasteiger partial charge on any atom is 0.411 e. The van der Waals surface area contributed by atoms with Gasteiger partial charge in [0.1, 0.15) is 18.2 Å². The van der Waals surface area contributed by atoms with Crippen molar-refractivity contribution < 1.29 is 28.5 Å². The van der Waals surface area contributed by atoms with Gasteiger partial charge < -0.3 is 18.9 Å². The van der Waals surface area contributed by atoms with E-state index in [-0.39, 0.29) is 0 Å². The van der Waals surface area contributed by atoms with Crippen LogP contribution in [-0.2, 0) is 23.7 Å². The summed E-state index contributed by atoms with van der Waals surface area (Å²) in [5, 5.41) is 0. The van der Waals surface area contributed by atoms with E-state index in [4.69, 9.17) is 18.9 Å². The van der Waals surface area contributed by atoms with Crippen molar-refractivity contribution in [2.75, 3.05) is 7.11 Å². The number of benzene rings is 2. The van der Waals surface area contributed by atoms with E-state index in [1.807, 2.05) is 60.7 Å². The molecule has 0 spiro atoms. The molecular weight excluding hydrogens is 374 g/mol. The lowest BCUT2D eigenvalue weighted by Crippen LogP contribution is -2.61. The first-order chi connectivity index (χ1) is 14.0. The van der Waals surface area contributed by atoms with Crippen molar-refractivity contribution in [2.45, 2.75) is 43.1 Å². The summed E-state index contributed by atoms with van der Waals surface area (Å²) in [5.74, 6) is -1.81. The number of epoxide rings is 1. The second-order valence-electron chi connectivity index (χ2n) is 7.59. The first-order valence-electron chi connectivity index (χ1n) is 9.56. The highest BCUT2D eigenvalue weighted by Gasteiger charge is 2.68. The fraction of sp³-hybridized carbons (Fsp3) is 0.364. The summed E-state index contributed by atoms with van der Waals surface area (Å²) in [7, 11) is 1.45. The molecule has 2 aromatic rings. The molecule has 0 N–H and O–H groups in total. The van der Waals surface area contributed by atoms with Gasteiger partial charge in [-0.1, -0.05) is 60.7 Å². The van der Waals surface area contributed by atoms with Crippen molar-refractivity contribution in [3.05, 3.63) is 71.8 Å².